The molecule has 1 aromatic carbocycles. The van der Waals surface area contributed by atoms with E-state index in [1.54, 1.807) is 0 Å². The number of carbonyl (C=O) groups excluding carboxylic acids is 1. The number of amides is 1. The predicted octanol–water partition coefficient (Wildman–Crippen LogP) is 1.47. The van der Waals surface area contributed by atoms with Gasteiger partial charge in [-0.1, -0.05) is 30.3 Å². The molecule has 3 rings (SSSR count). The number of hydrogen-bond donors (Lipinski definition) is 1. The minimum Gasteiger partial charge on any atom is -0.336 e. The van der Waals surface area contributed by atoms with E-state index in [9.17, 15) is 4.79 Å². The van der Waals surface area contributed by atoms with Crippen LogP contribution in [0.25, 0.3) is 0 Å². The predicted molar refractivity (Wildman–Crippen MR) is 107 cm³/mol. The summed E-state index contributed by atoms with van der Waals surface area (Å²) >= 11 is 0. The average Bonchev–Trinajstić information content (AvgIpc) is 2.58. The third kappa shape index (κ3) is 6.42. The molecule has 7 heteroatoms. The largest absolute Gasteiger partial charge is 0.336 e. The lowest BCUT2D eigenvalue weighted by Gasteiger charge is -2.38. The Bertz CT molecular complexity index is 509. The maximum absolute atomic E-state index is 12.5. The Morgan fingerprint density at radius 2 is 1.68 bits per heavy atom. The van der Waals surface area contributed by atoms with Crippen molar-refractivity contribution in [2.75, 3.05) is 52.4 Å². The van der Waals surface area contributed by atoms with Crippen molar-refractivity contribution in [2.45, 2.75) is 19.5 Å². The molecule has 2 heterocycles. The van der Waals surface area contributed by atoms with Crippen LogP contribution in [0.15, 0.2) is 30.3 Å². The highest BCUT2D eigenvalue weighted by atomic mass is 35.5. The number of nitrogens with one attached hydrogen (secondary N) is 1. The van der Waals surface area contributed by atoms with Crippen LogP contribution in [0.3, 0.4) is 0 Å². The van der Waals surface area contributed by atoms with Crippen LogP contribution in [0, 0.1) is 0 Å². The van der Waals surface area contributed by atoms with Crippen LogP contribution in [-0.2, 0) is 11.3 Å². The number of benzene rings is 1. The number of rotatable bonds is 4. The topological polar surface area (TPSA) is 38.8 Å². The maximum Gasteiger partial charge on any atom is 0.237 e. The second kappa shape index (κ2) is 11.0. The van der Waals surface area contributed by atoms with Gasteiger partial charge >= 0.3 is 0 Å². The van der Waals surface area contributed by atoms with E-state index < -0.39 is 0 Å². The molecule has 2 saturated heterocycles. The second-order valence-electron chi connectivity index (χ2n) is 6.68. The molecule has 0 radical (unpaired) electrons. The molecule has 1 atom stereocenters. The van der Waals surface area contributed by atoms with Crippen molar-refractivity contribution < 1.29 is 4.79 Å². The molecule has 0 spiro atoms. The highest BCUT2D eigenvalue weighted by molar-refractivity contribution is 5.85. The summed E-state index contributed by atoms with van der Waals surface area (Å²) in [4.78, 5) is 19.3. The van der Waals surface area contributed by atoms with E-state index in [0.29, 0.717) is 12.6 Å². The first-order valence-electron chi connectivity index (χ1n) is 8.71. The number of carbonyl (C=O) groups is 1. The fraction of sp³-hybridized carbons (Fsp3) is 0.611. The van der Waals surface area contributed by atoms with Gasteiger partial charge in [0.2, 0.25) is 5.91 Å². The summed E-state index contributed by atoms with van der Waals surface area (Å²) < 4.78 is 0. The van der Waals surface area contributed by atoms with E-state index >= 15 is 0 Å². The summed E-state index contributed by atoms with van der Waals surface area (Å²) in [6.07, 6.45) is 0. The Balaban J connectivity index is 0.00000156. The van der Waals surface area contributed by atoms with Gasteiger partial charge in [-0.05, 0) is 12.5 Å². The van der Waals surface area contributed by atoms with Crippen molar-refractivity contribution in [3.63, 3.8) is 0 Å². The first-order chi connectivity index (χ1) is 11.2. The zero-order valence-electron chi connectivity index (χ0n) is 14.9. The number of piperazine rings is 2. The summed E-state index contributed by atoms with van der Waals surface area (Å²) in [5, 5.41) is 3.34. The molecule has 2 aliphatic rings. The van der Waals surface area contributed by atoms with E-state index in [1.165, 1.54) is 5.56 Å². The standard InChI is InChI=1S/C18H28N4O.2ClH/c1-16-13-19-7-8-22(16)18(23)15-21-11-9-20(10-12-21)14-17-5-3-2-4-6-17;;/h2-6,16,19H,7-15H2,1H3;2*1H. The highest BCUT2D eigenvalue weighted by Crippen LogP contribution is 2.10. The van der Waals surface area contributed by atoms with Gasteiger partial charge in [-0.3, -0.25) is 14.6 Å². The number of halogens is 2. The van der Waals surface area contributed by atoms with E-state index in [-0.39, 0.29) is 30.7 Å². The number of hydrogen-bond acceptors (Lipinski definition) is 4. The minimum atomic E-state index is 0. The zero-order chi connectivity index (χ0) is 16.1. The molecule has 25 heavy (non-hydrogen) atoms. The fourth-order valence-electron chi connectivity index (χ4n) is 3.44. The minimum absolute atomic E-state index is 0. The van der Waals surface area contributed by atoms with Crippen LogP contribution in [-0.4, -0.2) is 79.0 Å². The van der Waals surface area contributed by atoms with Crippen molar-refractivity contribution in [2.24, 2.45) is 0 Å². The van der Waals surface area contributed by atoms with Gasteiger partial charge in [0.1, 0.15) is 0 Å². The van der Waals surface area contributed by atoms with E-state index in [1.807, 2.05) is 4.90 Å². The van der Waals surface area contributed by atoms with Crippen LogP contribution in [0.5, 0.6) is 0 Å². The van der Waals surface area contributed by atoms with Crippen molar-refractivity contribution in [1.29, 1.82) is 0 Å². The Hall–Kier alpha value is -0.850. The van der Waals surface area contributed by atoms with Crippen LogP contribution in [0.2, 0.25) is 0 Å². The highest BCUT2D eigenvalue weighted by Gasteiger charge is 2.26. The first kappa shape index (κ1) is 22.2. The van der Waals surface area contributed by atoms with E-state index in [2.05, 4.69) is 52.4 Å². The lowest BCUT2D eigenvalue weighted by Crippen LogP contribution is -2.56. The molecule has 1 amide bonds. The summed E-state index contributed by atoms with van der Waals surface area (Å²) in [6.45, 7) is 10.4. The van der Waals surface area contributed by atoms with Crippen LogP contribution in [0.4, 0.5) is 0 Å². The summed E-state index contributed by atoms with van der Waals surface area (Å²) in [6, 6.07) is 10.9. The summed E-state index contributed by atoms with van der Waals surface area (Å²) in [5.74, 6) is 0.288. The lowest BCUT2D eigenvalue weighted by atomic mass is 10.2. The van der Waals surface area contributed by atoms with Gasteiger partial charge in [-0.2, -0.15) is 0 Å². The lowest BCUT2D eigenvalue weighted by molar-refractivity contribution is -0.135. The Kier molecular flexibility index (Phi) is 9.75. The van der Waals surface area contributed by atoms with Gasteiger partial charge in [0.15, 0.2) is 0 Å². The van der Waals surface area contributed by atoms with Crippen LogP contribution < -0.4 is 5.32 Å². The average molecular weight is 389 g/mol. The second-order valence-corrected chi connectivity index (χ2v) is 6.68. The molecule has 5 nitrogen and oxygen atoms in total. The molecular weight excluding hydrogens is 359 g/mol. The van der Waals surface area contributed by atoms with Gasteiger partial charge in [-0.15, -0.1) is 24.8 Å². The van der Waals surface area contributed by atoms with Crippen molar-refractivity contribution >= 4 is 30.7 Å². The van der Waals surface area contributed by atoms with Crippen molar-refractivity contribution in [1.82, 2.24) is 20.0 Å². The molecule has 142 valence electrons. The molecule has 2 aliphatic heterocycles. The van der Waals surface area contributed by atoms with Gasteiger partial charge in [0, 0.05) is 58.4 Å². The van der Waals surface area contributed by atoms with Crippen LogP contribution >= 0.6 is 24.8 Å². The summed E-state index contributed by atoms with van der Waals surface area (Å²) in [7, 11) is 0. The van der Waals surface area contributed by atoms with E-state index in [0.717, 1.165) is 52.4 Å². The van der Waals surface area contributed by atoms with Gasteiger partial charge in [-0.25, -0.2) is 0 Å². The summed E-state index contributed by atoms with van der Waals surface area (Å²) in [5.41, 5.74) is 1.37. The van der Waals surface area contributed by atoms with Crippen molar-refractivity contribution in [3.05, 3.63) is 35.9 Å². The van der Waals surface area contributed by atoms with Gasteiger partial charge in [0.25, 0.3) is 0 Å². The van der Waals surface area contributed by atoms with Crippen LogP contribution in [0.1, 0.15) is 12.5 Å². The molecule has 1 unspecified atom stereocenters. The van der Waals surface area contributed by atoms with Crippen molar-refractivity contribution in [3.8, 4) is 0 Å². The molecule has 0 aromatic heterocycles. The molecule has 1 N–H and O–H groups in total. The zero-order valence-corrected chi connectivity index (χ0v) is 16.5. The molecule has 0 bridgehead atoms. The molecule has 1 aromatic rings. The van der Waals surface area contributed by atoms with E-state index in [4.69, 9.17) is 0 Å². The SMILES string of the molecule is CC1CNCCN1C(=O)CN1CCN(Cc2ccccc2)CC1.Cl.Cl. The maximum atomic E-state index is 12.5. The smallest absolute Gasteiger partial charge is 0.237 e. The van der Waals surface area contributed by atoms with Gasteiger partial charge < -0.3 is 10.2 Å². The fourth-order valence-corrected chi connectivity index (χ4v) is 3.44. The number of nitrogens with zero attached hydrogens (tertiary/aromatic N) is 3. The first-order valence-corrected chi connectivity index (χ1v) is 8.71. The third-order valence-electron chi connectivity index (χ3n) is 4.89. The molecule has 2 fully saturated rings. The Morgan fingerprint density at radius 1 is 1.04 bits per heavy atom. The Morgan fingerprint density at radius 3 is 2.32 bits per heavy atom. The van der Waals surface area contributed by atoms with Gasteiger partial charge in [0.05, 0.1) is 6.54 Å². The molecule has 0 aliphatic carbocycles. The molecular formula is C18H30Cl2N4O. The molecule has 0 saturated carbocycles. The quantitative estimate of drug-likeness (QED) is 0.847. The monoisotopic (exact) mass is 388 g/mol. The third-order valence-corrected chi connectivity index (χ3v) is 4.89. The Labute approximate surface area is 163 Å². The normalized spacial score (nSPS) is 22.0.